The summed E-state index contributed by atoms with van der Waals surface area (Å²) in [5.74, 6) is -0.347. The highest BCUT2D eigenvalue weighted by Crippen LogP contribution is 2.27. The van der Waals surface area contributed by atoms with E-state index in [1.165, 1.54) is 70.6 Å². The van der Waals surface area contributed by atoms with Crippen molar-refractivity contribution in [2.45, 2.75) is 84.0 Å². The molecule has 120 valence electrons. The monoisotopic (exact) mass is 294 g/mol. The number of hydrogen-bond donors (Lipinski definition) is 1. The van der Waals surface area contributed by atoms with Gasteiger partial charge in [-0.15, -0.1) is 0 Å². The Morgan fingerprint density at radius 3 is 1.95 bits per heavy atom. The van der Waals surface area contributed by atoms with Gasteiger partial charge in [-0.25, -0.2) is 4.79 Å². The smallest absolute Gasteiger partial charge is 0.375 e. The van der Waals surface area contributed by atoms with Crippen LogP contribution < -0.4 is 0 Å². The highest BCUT2D eigenvalue weighted by atomic mass is 16.6. The van der Waals surface area contributed by atoms with Gasteiger partial charge in [0.15, 0.2) is 5.76 Å². The van der Waals surface area contributed by atoms with Gasteiger partial charge in [-0.2, -0.15) is 0 Å². The summed E-state index contributed by atoms with van der Waals surface area (Å²) in [6.45, 7) is 2.26. The molecule has 0 aliphatic carbocycles. The summed E-state index contributed by atoms with van der Waals surface area (Å²) in [6.07, 6.45) is 19.7. The Labute approximate surface area is 129 Å². The molecule has 0 unspecified atom stereocenters. The van der Waals surface area contributed by atoms with Gasteiger partial charge >= 0.3 is 5.97 Å². The molecule has 0 radical (unpaired) electrons. The first-order chi connectivity index (χ1) is 10.3. The first kappa shape index (κ1) is 17.8. The van der Waals surface area contributed by atoms with Gasteiger partial charge in [0.2, 0.25) is 0 Å². The van der Waals surface area contributed by atoms with Crippen molar-refractivity contribution in [3.63, 3.8) is 0 Å². The molecule has 1 N–H and O–H groups in total. The van der Waals surface area contributed by atoms with Crippen molar-refractivity contribution in [2.75, 3.05) is 0 Å². The van der Waals surface area contributed by atoms with E-state index in [4.69, 9.17) is 9.84 Å². The van der Waals surface area contributed by atoms with E-state index >= 15 is 0 Å². The van der Waals surface area contributed by atoms with Crippen molar-refractivity contribution in [3.05, 3.63) is 23.7 Å². The molecular formula is C18H30O3. The third kappa shape index (κ3) is 9.33. The molecule has 0 saturated carbocycles. The number of hydrogen-bond acceptors (Lipinski definition) is 2. The second-order valence-corrected chi connectivity index (χ2v) is 5.83. The fourth-order valence-corrected chi connectivity index (χ4v) is 2.46. The van der Waals surface area contributed by atoms with Gasteiger partial charge in [0.1, 0.15) is 0 Å². The van der Waals surface area contributed by atoms with Gasteiger partial charge < -0.3 is 9.84 Å². The number of carboxylic acids is 1. The van der Waals surface area contributed by atoms with E-state index in [-0.39, 0.29) is 5.76 Å². The number of allylic oxidation sites excluding steroid dienone is 2. The van der Waals surface area contributed by atoms with Crippen molar-refractivity contribution in [1.29, 1.82) is 0 Å². The third-order valence-electron chi connectivity index (χ3n) is 3.83. The lowest BCUT2D eigenvalue weighted by atomic mass is 10.1. The average molecular weight is 294 g/mol. The predicted molar refractivity (Wildman–Crippen MR) is 86.0 cm³/mol. The molecule has 3 nitrogen and oxygen atoms in total. The van der Waals surface area contributed by atoms with Crippen molar-refractivity contribution < 1.29 is 14.6 Å². The normalized spacial score (nSPS) is 13.8. The SMILES string of the molecule is CCCCCCCCCCCCCC=CC1=C(C(=O)O)O1. The summed E-state index contributed by atoms with van der Waals surface area (Å²) >= 11 is 0. The maximum atomic E-state index is 10.5. The number of unbranched alkanes of at least 4 members (excludes halogenated alkanes) is 11. The van der Waals surface area contributed by atoms with E-state index in [2.05, 4.69) is 6.92 Å². The van der Waals surface area contributed by atoms with Crippen LogP contribution in [0.25, 0.3) is 0 Å². The fourth-order valence-electron chi connectivity index (χ4n) is 2.46. The molecule has 0 spiro atoms. The van der Waals surface area contributed by atoms with Gasteiger partial charge in [0.05, 0.1) is 0 Å². The summed E-state index contributed by atoms with van der Waals surface area (Å²) in [6, 6.07) is 0. The molecule has 0 atom stereocenters. The maximum Gasteiger partial charge on any atom is 0.375 e. The summed E-state index contributed by atoms with van der Waals surface area (Å²) in [7, 11) is 0. The van der Waals surface area contributed by atoms with Crippen LogP contribution in [0.3, 0.4) is 0 Å². The average Bonchev–Trinajstić information content (AvgIpc) is 3.24. The van der Waals surface area contributed by atoms with Gasteiger partial charge in [0.25, 0.3) is 5.76 Å². The van der Waals surface area contributed by atoms with Gasteiger partial charge in [-0.3, -0.25) is 0 Å². The predicted octanol–water partition coefficient (Wildman–Crippen LogP) is 5.57. The zero-order chi connectivity index (χ0) is 15.3. The number of carbonyl (C=O) groups is 1. The second kappa shape index (κ2) is 11.4. The number of carboxylic acid groups (broad SMARTS) is 1. The van der Waals surface area contributed by atoms with E-state index in [1.807, 2.05) is 6.08 Å². The van der Waals surface area contributed by atoms with Gasteiger partial charge in [-0.05, 0) is 18.9 Å². The summed E-state index contributed by atoms with van der Waals surface area (Å²) in [5, 5.41) is 8.61. The lowest BCUT2D eigenvalue weighted by molar-refractivity contribution is -0.133. The maximum absolute atomic E-state index is 10.5. The van der Waals surface area contributed by atoms with Gasteiger partial charge in [0, 0.05) is 0 Å². The Morgan fingerprint density at radius 2 is 1.48 bits per heavy atom. The van der Waals surface area contributed by atoms with Crippen LogP contribution >= 0.6 is 0 Å². The molecule has 0 bridgehead atoms. The Kier molecular flexibility index (Phi) is 9.68. The minimum Gasteiger partial charge on any atom is -0.475 e. The van der Waals surface area contributed by atoms with Crippen LogP contribution in [-0.4, -0.2) is 11.1 Å². The Balaban J connectivity index is 1.79. The first-order valence-corrected chi connectivity index (χ1v) is 8.57. The van der Waals surface area contributed by atoms with E-state index < -0.39 is 5.97 Å². The molecule has 1 aliphatic heterocycles. The molecule has 0 aromatic carbocycles. The van der Waals surface area contributed by atoms with Crippen molar-refractivity contribution in [1.82, 2.24) is 0 Å². The molecular weight excluding hydrogens is 264 g/mol. The fraction of sp³-hybridized carbons (Fsp3) is 0.722. The first-order valence-electron chi connectivity index (χ1n) is 8.57. The Bertz CT molecular complexity index is 355. The van der Waals surface area contributed by atoms with Crippen LogP contribution in [0.1, 0.15) is 84.0 Å². The number of aliphatic carboxylic acids is 1. The lowest BCUT2D eigenvalue weighted by Gasteiger charge is -2.01. The summed E-state index contributed by atoms with van der Waals surface area (Å²) in [4.78, 5) is 10.5. The molecule has 1 heterocycles. The molecule has 21 heavy (non-hydrogen) atoms. The van der Waals surface area contributed by atoms with Crippen LogP contribution in [0, 0.1) is 0 Å². The van der Waals surface area contributed by atoms with E-state index in [0.29, 0.717) is 5.76 Å². The zero-order valence-corrected chi connectivity index (χ0v) is 13.4. The van der Waals surface area contributed by atoms with Crippen molar-refractivity contribution in [2.24, 2.45) is 0 Å². The minimum absolute atomic E-state index is 0.102. The van der Waals surface area contributed by atoms with Crippen molar-refractivity contribution >= 4 is 5.97 Å². The third-order valence-corrected chi connectivity index (χ3v) is 3.83. The van der Waals surface area contributed by atoms with Crippen LogP contribution in [-0.2, 0) is 9.53 Å². The van der Waals surface area contributed by atoms with Crippen molar-refractivity contribution in [3.8, 4) is 0 Å². The molecule has 0 aromatic rings. The zero-order valence-electron chi connectivity index (χ0n) is 13.4. The Hall–Kier alpha value is -1.25. The highest BCUT2D eigenvalue weighted by Gasteiger charge is 2.29. The molecule has 1 aliphatic rings. The second-order valence-electron chi connectivity index (χ2n) is 5.83. The largest absolute Gasteiger partial charge is 0.475 e. The number of ether oxygens (including phenoxy) is 1. The quantitative estimate of drug-likeness (QED) is 0.426. The Morgan fingerprint density at radius 1 is 0.952 bits per heavy atom. The van der Waals surface area contributed by atoms with Crippen LogP contribution in [0.15, 0.2) is 23.7 Å². The minimum atomic E-state index is -0.968. The van der Waals surface area contributed by atoms with E-state index in [9.17, 15) is 4.79 Å². The van der Waals surface area contributed by atoms with Crippen LogP contribution in [0.2, 0.25) is 0 Å². The van der Waals surface area contributed by atoms with Crippen LogP contribution in [0.4, 0.5) is 0 Å². The molecule has 0 fully saturated rings. The summed E-state index contributed by atoms with van der Waals surface area (Å²) < 4.78 is 4.83. The number of rotatable bonds is 14. The standard InChI is InChI=1S/C18H30O3/c1-2-3-4-5-6-7-8-9-10-11-12-13-14-15-16-17(21-16)18(19)20/h14-15H,2-13H2,1H3,(H,19,20). The topological polar surface area (TPSA) is 49.8 Å². The summed E-state index contributed by atoms with van der Waals surface area (Å²) in [5.41, 5.74) is 0. The molecule has 0 amide bonds. The molecule has 0 aromatic heterocycles. The highest BCUT2D eigenvalue weighted by molar-refractivity contribution is 5.89. The molecule has 3 heteroatoms. The molecule has 1 rings (SSSR count). The van der Waals surface area contributed by atoms with E-state index in [1.54, 1.807) is 6.08 Å². The van der Waals surface area contributed by atoms with Crippen LogP contribution in [0.5, 0.6) is 0 Å². The van der Waals surface area contributed by atoms with E-state index in [0.717, 1.165) is 6.42 Å². The lowest BCUT2D eigenvalue weighted by Crippen LogP contribution is -1.88. The van der Waals surface area contributed by atoms with Gasteiger partial charge in [-0.1, -0.05) is 77.2 Å². The molecule has 0 saturated heterocycles.